The Kier molecular flexibility index (Phi) is 8.15. The van der Waals surface area contributed by atoms with Gasteiger partial charge in [-0.3, -0.25) is 10.1 Å². The fourth-order valence-corrected chi connectivity index (χ4v) is 3.73. The Morgan fingerprint density at radius 1 is 1.44 bits per heavy atom. The summed E-state index contributed by atoms with van der Waals surface area (Å²) in [6.07, 6.45) is 4.78. The summed E-state index contributed by atoms with van der Waals surface area (Å²) >= 11 is 9.10. The van der Waals surface area contributed by atoms with Crippen LogP contribution in [-0.2, 0) is 4.79 Å². The molecule has 0 radical (unpaired) electrons. The van der Waals surface area contributed by atoms with Crippen molar-refractivity contribution in [2.75, 3.05) is 18.2 Å². The Labute approximate surface area is 171 Å². The Bertz CT molecular complexity index is 837. The maximum Gasteiger partial charge on any atom is 0.250 e. The number of carbonyl (C=O) groups is 1. The quantitative estimate of drug-likeness (QED) is 0.266. The van der Waals surface area contributed by atoms with E-state index in [1.165, 1.54) is 36.3 Å². The third kappa shape index (κ3) is 6.57. The van der Waals surface area contributed by atoms with Gasteiger partial charge in [-0.25, -0.2) is 0 Å². The van der Waals surface area contributed by atoms with Crippen LogP contribution in [0.2, 0.25) is 5.02 Å². The molecule has 0 aliphatic heterocycles. The van der Waals surface area contributed by atoms with Crippen LogP contribution in [0.5, 0.6) is 11.5 Å². The molecule has 1 amide bonds. The number of hydrogen-bond acceptors (Lipinski definition) is 7. The molecule has 0 saturated carbocycles. The van der Waals surface area contributed by atoms with Gasteiger partial charge in [0.1, 0.15) is 0 Å². The standard InChI is InChI=1S/C18H20ClN3O3S2/c1-5-8-26-18-22-21-17(27-18)20-15(23)7-6-12-9-13(19)16(25-11(2)3)14(10-12)24-4/h5-7,9-11H,1,8H2,2-4H3,(H,20,21,23)/b7-6+. The summed E-state index contributed by atoms with van der Waals surface area (Å²) in [4.78, 5) is 12.1. The lowest BCUT2D eigenvalue weighted by Crippen LogP contribution is -2.08. The number of nitrogens with zero attached hydrogens (tertiary/aromatic N) is 2. The summed E-state index contributed by atoms with van der Waals surface area (Å²) in [5, 5.41) is 11.5. The molecule has 0 unspecified atom stereocenters. The topological polar surface area (TPSA) is 73.3 Å². The predicted octanol–water partition coefficient (Wildman–Crippen LogP) is 4.92. The number of methoxy groups -OCH3 is 1. The first kappa shape index (κ1) is 21.3. The number of benzene rings is 1. The van der Waals surface area contributed by atoms with Crippen molar-refractivity contribution in [2.45, 2.75) is 24.3 Å². The number of thioether (sulfide) groups is 1. The summed E-state index contributed by atoms with van der Waals surface area (Å²) < 4.78 is 11.8. The zero-order chi connectivity index (χ0) is 19.8. The van der Waals surface area contributed by atoms with E-state index in [-0.39, 0.29) is 12.0 Å². The van der Waals surface area contributed by atoms with Crippen molar-refractivity contribution in [2.24, 2.45) is 0 Å². The molecule has 144 valence electrons. The van der Waals surface area contributed by atoms with E-state index < -0.39 is 0 Å². The van der Waals surface area contributed by atoms with Gasteiger partial charge >= 0.3 is 0 Å². The monoisotopic (exact) mass is 425 g/mol. The average Bonchev–Trinajstić information content (AvgIpc) is 3.07. The molecule has 2 aromatic rings. The van der Waals surface area contributed by atoms with E-state index in [0.717, 1.165) is 10.1 Å². The third-order valence-corrected chi connectivity index (χ3v) is 5.24. The highest BCUT2D eigenvalue weighted by molar-refractivity contribution is 8.01. The van der Waals surface area contributed by atoms with E-state index in [9.17, 15) is 4.79 Å². The lowest BCUT2D eigenvalue weighted by atomic mass is 10.2. The molecular formula is C18H20ClN3O3S2. The zero-order valence-electron chi connectivity index (χ0n) is 15.2. The minimum absolute atomic E-state index is 0.0370. The third-order valence-electron chi connectivity index (χ3n) is 2.99. The van der Waals surface area contributed by atoms with Crippen LogP contribution in [0.3, 0.4) is 0 Å². The second-order valence-corrected chi connectivity index (χ2v) is 8.15. The highest BCUT2D eigenvalue weighted by atomic mass is 35.5. The maximum atomic E-state index is 12.1. The Hall–Kier alpha value is -2.03. The van der Waals surface area contributed by atoms with E-state index in [2.05, 4.69) is 22.1 Å². The number of ether oxygens (including phenoxy) is 2. The van der Waals surface area contributed by atoms with E-state index >= 15 is 0 Å². The summed E-state index contributed by atoms with van der Waals surface area (Å²) in [5.74, 6) is 1.41. The SMILES string of the molecule is C=CCSc1nnc(NC(=O)/C=C/c2cc(Cl)c(OC(C)C)c(OC)c2)s1. The molecular weight excluding hydrogens is 406 g/mol. The highest BCUT2D eigenvalue weighted by Crippen LogP contribution is 2.37. The lowest BCUT2D eigenvalue weighted by Gasteiger charge is -2.15. The minimum Gasteiger partial charge on any atom is -0.493 e. The van der Waals surface area contributed by atoms with Gasteiger partial charge in [0.25, 0.3) is 0 Å². The molecule has 0 atom stereocenters. The van der Waals surface area contributed by atoms with Crippen LogP contribution in [0, 0.1) is 0 Å². The van der Waals surface area contributed by atoms with Gasteiger partial charge in [-0.05, 0) is 37.6 Å². The number of rotatable bonds is 9. The van der Waals surface area contributed by atoms with Gasteiger partial charge < -0.3 is 9.47 Å². The largest absolute Gasteiger partial charge is 0.493 e. The second kappa shape index (κ2) is 10.3. The van der Waals surface area contributed by atoms with E-state index in [4.69, 9.17) is 21.1 Å². The van der Waals surface area contributed by atoms with Gasteiger partial charge in [-0.1, -0.05) is 40.8 Å². The second-order valence-electron chi connectivity index (χ2n) is 5.50. The van der Waals surface area contributed by atoms with Crippen molar-refractivity contribution < 1.29 is 14.3 Å². The Morgan fingerprint density at radius 2 is 2.22 bits per heavy atom. The van der Waals surface area contributed by atoms with Gasteiger partial charge in [0.05, 0.1) is 18.2 Å². The predicted molar refractivity (Wildman–Crippen MR) is 112 cm³/mol. The first-order valence-corrected chi connectivity index (χ1v) is 10.2. The molecule has 9 heteroatoms. The number of nitrogens with one attached hydrogen (secondary N) is 1. The molecule has 0 bridgehead atoms. The molecule has 1 N–H and O–H groups in total. The first-order chi connectivity index (χ1) is 12.9. The molecule has 1 heterocycles. The molecule has 0 fully saturated rings. The summed E-state index contributed by atoms with van der Waals surface area (Å²) in [6.45, 7) is 7.46. The van der Waals surface area contributed by atoms with Crippen molar-refractivity contribution in [1.29, 1.82) is 0 Å². The molecule has 0 aliphatic rings. The molecule has 27 heavy (non-hydrogen) atoms. The van der Waals surface area contributed by atoms with Crippen molar-refractivity contribution in [3.63, 3.8) is 0 Å². The van der Waals surface area contributed by atoms with Gasteiger partial charge in [-0.15, -0.1) is 16.8 Å². The van der Waals surface area contributed by atoms with Crippen molar-refractivity contribution in [3.8, 4) is 11.5 Å². The smallest absolute Gasteiger partial charge is 0.250 e. The molecule has 1 aromatic carbocycles. The van der Waals surface area contributed by atoms with Crippen LogP contribution in [0.25, 0.3) is 6.08 Å². The zero-order valence-corrected chi connectivity index (χ0v) is 17.6. The number of halogens is 1. The van der Waals surface area contributed by atoms with Crippen LogP contribution in [-0.4, -0.2) is 35.1 Å². The molecule has 6 nitrogen and oxygen atoms in total. The Morgan fingerprint density at radius 3 is 2.89 bits per heavy atom. The van der Waals surface area contributed by atoms with Crippen LogP contribution >= 0.6 is 34.7 Å². The lowest BCUT2D eigenvalue weighted by molar-refractivity contribution is -0.111. The van der Waals surface area contributed by atoms with E-state index in [1.807, 2.05) is 13.8 Å². The number of carbonyl (C=O) groups excluding carboxylic acids is 1. The fourth-order valence-electron chi connectivity index (χ4n) is 1.95. The number of amides is 1. The first-order valence-electron chi connectivity index (χ1n) is 8.03. The maximum absolute atomic E-state index is 12.1. The van der Waals surface area contributed by atoms with Crippen molar-refractivity contribution in [1.82, 2.24) is 10.2 Å². The van der Waals surface area contributed by atoms with Gasteiger partial charge in [-0.2, -0.15) is 0 Å². The molecule has 0 aliphatic carbocycles. The fraction of sp³-hybridized carbons (Fsp3) is 0.278. The summed E-state index contributed by atoms with van der Waals surface area (Å²) in [5.41, 5.74) is 0.711. The number of anilines is 1. The van der Waals surface area contributed by atoms with Gasteiger partial charge in [0.2, 0.25) is 11.0 Å². The molecule has 1 aromatic heterocycles. The molecule has 2 rings (SSSR count). The van der Waals surface area contributed by atoms with Gasteiger partial charge in [0.15, 0.2) is 15.8 Å². The van der Waals surface area contributed by atoms with Crippen LogP contribution in [0.1, 0.15) is 19.4 Å². The Balaban J connectivity index is 2.06. The number of hydrogen-bond donors (Lipinski definition) is 1. The number of aromatic nitrogens is 2. The molecule has 0 saturated heterocycles. The molecule has 0 spiro atoms. The van der Waals surface area contributed by atoms with E-state index in [1.54, 1.807) is 24.3 Å². The summed E-state index contributed by atoms with van der Waals surface area (Å²) in [6, 6.07) is 3.46. The van der Waals surface area contributed by atoms with Crippen LogP contribution < -0.4 is 14.8 Å². The van der Waals surface area contributed by atoms with Gasteiger partial charge in [0, 0.05) is 11.8 Å². The minimum atomic E-state index is -0.316. The van der Waals surface area contributed by atoms with Crippen molar-refractivity contribution in [3.05, 3.63) is 41.4 Å². The van der Waals surface area contributed by atoms with Crippen molar-refractivity contribution >= 4 is 51.8 Å². The van der Waals surface area contributed by atoms with Crippen LogP contribution in [0.15, 0.2) is 35.2 Å². The summed E-state index contributed by atoms with van der Waals surface area (Å²) in [7, 11) is 1.54. The van der Waals surface area contributed by atoms with E-state index in [0.29, 0.717) is 27.2 Å². The average molecular weight is 426 g/mol. The highest BCUT2D eigenvalue weighted by Gasteiger charge is 2.13. The normalized spacial score (nSPS) is 11.0. The van der Waals surface area contributed by atoms with Crippen LogP contribution in [0.4, 0.5) is 5.13 Å².